The Morgan fingerprint density at radius 2 is 1.44 bits per heavy atom. The number of methoxy groups -OCH3 is 1. The fraction of sp³-hybridized carbons (Fsp3) is 0.750. The van der Waals surface area contributed by atoms with E-state index in [1.807, 2.05) is 0 Å². The molecule has 144 valence electrons. The predicted molar refractivity (Wildman–Crippen MR) is 96.4 cm³/mol. The van der Waals surface area contributed by atoms with Gasteiger partial charge in [-0.1, -0.05) is 46.3 Å². The van der Waals surface area contributed by atoms with Crippen molar-refractivity contribution in [3.8, 4) is 0 Å². The van der Waals surface area contributed by atoms with Gasteiger partial charge in [-0.2, -0.15) is 9.59 Å². The molecule has 2 rings (SSSR count). The number of aliphatic hydroxyl groups is 2. The molecule has 5 heteroatoms. The summed E-state index contributed by atoms with van der Waals surface area (Å²) in [5, 5.41) is 17.9. The normalized spacial score (nSPS) is 28.3. The number of aliphatic hydroxyl groups excluding tert-OH is 2. The third-order valence-electron chi connectivity index (χ3n) is 5.78. The average molecular weight is 354 g/mol. The first-order chi connectivity index (χ1) is 11.7. The molecule has 2 aliphatic rings. The number of hydrogen-bond acceptors (Lipinski definition) is 5. The van der Waals surface area contributed by atoms with Gasteiger partial charge in [0.2, 0.25) is 0 Å². The second-order valence-electron chi connectivity index (χ2n) is 7.71. The third kappa shape index (κ3) is 5.81. The van der Waals surface area contributed by atoms with Crippen LogP contribution in [0.25, 0.3) is 0 Å². The van der Waals surface area contributed by atoms with E-state index in [1.54, 1.807) is 13.4 Å². The van der Waals surface area contributed by atoms with Gasteiger partial charge >= 0.3 is 6.15 Å². The van der Waals surface area contributed by atoms with Gasteiger partial charge in [0, 0.05) is 13.2 Å². The van der Waals surface area contributed by atoms with Gasteiger partial charge in [-0.05, 0) is 47.5 Å². The van der Waals surface area contributed by atoms with Crippen molar-refractivity contribution in [2.24, 2.45) is 22.7 Å². The molecule has 0 radical (unpaired) electrons. The maximum Gasteiger partial charge on any atom is 0.373 e. The average Bonchev–Trinajstić information content (AvgIpc) is 2.56. The summed E-state index contributed by atoms with van der Waals surface area (Å²) >= 11 is 0. The maximum atomic E-state index is 8.98. The van der Waals surface area contributed by atoms with Crippen molar-refractivity contribution in [3.63, 3.8) is 0 Å². The van der Waals surface area contributed by atoms with E-state index in [0.29, 0.717) is 18.4 Å². The molecule has 0 bridgehead atoms. The summed E-state index contributed by atoms with van der Waals surface area (Å²) in [5.74, 6) is 0.921. The smallest absolute Gasteiger partial charge is 0.373 e. The second-order valence-corrected chi connectivity index (χ2v) is 7.71. The summed E-state index contributed by atoms with van der Waals surface area (Å²) < 4.78 is 4.93. The SMILES string of the molecule is CCC=C1CC(CO)C1(C)C.COC=C1CC(CO)C1(C)C.O=C=O. The Morgan fingerprint density at radius 1 is 1.04 bits per heavy atom. The van der Waals surface area contributed by atoms with Gasteiger partial charge in [-0.3, -0.25) is 0 Å². The molecule has 2 N–H and O–H groups in total. The van der Waals surface area contributed by atoms with Crippen LogP contribution in [0.15, 0.2) is 23.5 Å². The number of allylic oxidation sites excluding steroid dienone is 3. The van der Waals surface area contributed by atoms with E-state index in [-0.39, 0.29) is 23.6 Å². The molecular weight excluding hydrogens is 320 g/mol. The van der Waals surface area contributed by atoms with Crippen molar-refractivity contribution in [1.82, 2.24) is 0 Å². The fourth-order valence-corrected chi connectivity index (χ4v) is 3.35. The summed E-state index contributed by atoms with van der Waals surface area (Å²) in [7, 11) is 1.66. The minimum Gasteiger partial charge on any atom is -0.504 e. The van der Waals surface area contributed by atoms with Crippen LogP contribution in [0, 0.1) is 22.7 Å². The van der Waals surface area contributed by atoms with Crippen molar-refractivity contribution in [2.75, 3.05) is 20.3 Å². The van der Waals surface area contributed by atoms with E-state index in [0.717, 1.165) is 19.3 Å². The monoisotopic (exact) mass is 354 g/mol. The highest BCUT2D eigenvalue weighted by molar-refractivity contribution is 5.24. The molecule has 0 aromatic carbocycles. The zero-order chi connectivity index (χ0) is 19.7. The third-order valence-corrected chi connectivity index (χ3v) is 5.78. The summed E-state index contributed by atoms with van der Waals surface area (Å²) in [4.78, 5) is 16.2. The van der Waals surface area contributed by atoms with E-state index in [9.17, 15) is 0 Å². The highest BCUT2D eigenvalue weighted by atomic mass is 16.5. The highest BCUT2D eigenvalue weighted by Gasteiger charge is 2.43. The number of hydrogen-bond donors (Lipinski definition) is 2. The molecule has 0 aromatic heterocycles. The van der Waals surface area contributed by atoms with Gasteiger partial charge in [0.05, 0.1) is 13.4 Å². The Hall–Kier alpha value is -1.42. The maximum absolute atomic E-state index is 8.98. The van der Waals surface area contributed by atoms with Crippen molar-refractivity contribution < 1.29 is 24.5 Å². The Morgan fingerprint density at radius 3 is 1.72 bits per heavy atom. The summed E-state index contributed by atoms with van der Waals surface area (Å²) in [6, 6.07) is 0. The van der Waals surface area contributed by atoms with Crippen LogP contribution in [-0.2, 0) is 14.3 Å². The standard InChI is InChI=1S/C10H18O.C9H16O2.CO2/c1-4-5-8-6-9(7-11)10(8,2)3;1-9(2)7(5-10)4-8(9)6-11-3;2-1-3/h5,9,11H,4,6-7H2,1-3H3;6-7,10H,4-5H2,1-3H3;. The lowest BCUT2D eigenvalue weighted by Gasteiger charge is -2.47. The summed E-state index contributed by atoms with van der Waals surface area (Å²) in [5.41, 5.74) is 3.24. The van der Waals surface area contributed by atoms with E-state index >= 15 is 0 Å². The van der Waals surface area contributed by atoms with Gasteiger partial charge in [-0.25, -0.2) is 0 Å². The Kier molecular flexibility index (Phi) is 9.95. The molecule has 0 aliphatic heterocycles. The van der Waals surface area contributed by atoms with Crippen molar-refractivity contribution in [3.05, 3.63) is 23.5 Å². The lowest BCUT2D eigenvalue weighted by Crippen LogP contribution is -2.39. The zero-order valence-corrected chi connectivity index (χ0v) is 16.5. The van der Waals surface area contributed by atoms with Crippen LogP contribution in [0.5, 0.6) is 0 Å². The Bertz CT molecular complexity index is 456. The first kappa shape index (κ1) is 23.6. The Balaban J connectivity index is 0.000000399. The molecule has 2 saturated carbocycles. The molecule has 5 nitrogen and oxygen atoms in total. The van der Waals surface area contributed by atoms with E-state index in [2.05, 4.69) is 40.7 Å². The molecular formula is C20H34O5. The first-order valence-electron chi connectivity index (χ1n) is 8.79. The molecule has 2 fully saturated rings. The topological polar surface area (TPSA) is 83.8 Å². The van der Waals surface area contributed by atoms with Crippen molar-refractivity contribution >= 4 is 6.15 Å². The summed E-state index contributed by atoms with van der Waals surface area (Å²) in [6.45, 7) is 11.5. The highest BCUT2D eigenvalue weighted by Crippen LogP contribution is 2.51. The quantitative estimate of drug-likeness (QED) is 0.597. The van der Waals surface area contributed by atoms with E-state index < -0.39 is 0 Å². The van der Waals surface area contributed by atoms with Gasteiger partial charge in [0.25, 0.3) is 0 Å². The largest absolute Gasteiger partial charge is 0.504 e. The zero-order valence-electron chi connectivity index (χ0n) is 16.5. The van der Waals surface area contributed by atoms with Crippen LogP contribution < -0.4 is 0 Å². The molecule has 0 amide bonds. The fourth-order valence-electron chi connectivity index (χ4n) is 3.35. The van der Waals surface area contributed by atoms with E-state index in [4.69, 9.17) is 24.5 Å². The van der Waals surface area contributed by atoms with Crippen LogP contribution in [0.2, 0.25) is 0 Å². The van der Waals surface area contributed by atoms with Crippen LogP contribution in [0.4, 0.5) is 0 Å². The first-order valence-corrected chi connectivity index (χ1v) is 8.79. The molecule has 2 unspecified atom stereocenters. The summed E-state index contributed by atoms with van der Waals surface area (Å²) in [6.07, 6.45) is 7.56. The lowest BCUT2D eigenvalue weighted by atomic mass is 9.59. The molecule has 0 saturated heterocycles. The van der Waals surface area contributed by atoms with E-state index in [1.165, 1.54) is 11.1 Å². The molecule has 25 heavy (non-hydrogen) atoms. The van der Waals surface area contributed by atoms with Crippen LogP contribution in [0.1, 0.15) is 53.9 Å². The van der Waals surface area contributed by atoms with Crippen molar-refractivity contribution in [1.29, 1.82) is 0 Å². The molecule has 0 heterocycles. The lowest BCUT2D eigenvalue weighted by molar-refractivity contribution is -0.191. The van der Waals surface area contributed by atoms with Gasteiger partial charge in [0.1, 0.15) is 0 Å². The van der Waals surface area contributed by atoms with Crippen LogP contribution in [-0.4, -0.2) is 36.7 Å². The molecule has 2 aliphatic carbocycles. The molecule has 2 atom stereocenters. The number of ether oxygens (including phenoxy) is 1. The number of carbonyl (C=O) groups excluding carboxylic acids is 2. The van der Waals surface area contributed by atoms with Crippen LogP contribution >= 0.6 is 0 Å². The predicted octanol–water partition coefficient (Wildman–Crippen LogP) is 3.33. The number of rotatable bonds is 4. The van der Waals surface area contributed by atoms with Gasteiger partial charge in [0.15, 0.2) is 0 Å². The molecule has 0 spiro atoms. The second kappa shape index (κ2) is 10.5. The minimum absolute atomic E-state index is 0.144. The molecule has 0 aromatic rings. The van der Waals surface area contributed by atoms with Crippen molar-refractivity contribution in [2.45, 2.75) is 53.9 Å². The minimum atomic E-state index is 0.144. The van der Waals surface area contributed by atoms with Crippen LogP contribution in [0.3, 0.4) is 0 Å². The van der Waals surface area contributed by atoms with Gasteiger partial charge < -0.3 is 14.9 Å². The van der Waals surface area contributed by atoms with Gasteiger partial charge in [-0.15, -0.1) is 0 Å². The Labute approximate surface area is 151 Å².